The molecule has 0 heterocycles. The van der Waals surface area contributed by atoms with Gasteiger partial charge in [-0.25, -0.2) is 0 Å². The van der Waals surface area contributed by atoms with Crippen LogP contribution in [0.4, 0.5) is 0 Å². The zero-order chi connectivity index (χ0) is 10.1. The normalized spacial score (nSPS) is 15.3. The summed E-state index contributed by atoms with van der Waals surface area (Å²) in [6, 6.07) is 3.73. The lowest BCUT2D eigenvalue weighted by Crippen LogP contribution is -1.97. The molecular formula is C13H14O. The number of hydrogen-bond donors (Lipinski definition) is 1. The van der Waals surface area contributed by atoms with Crippen molar-refractivity contribution in [3.05, 3.63) is 53.1 Å². The minimum absolute atomic E-state index is 0.335. The van der Waals surface area contributed by atoms with Crippen molar-refractivity contribution >= 4 is 0 Å². The van der Waals surface area contributed by atoms with Gasteiger partial charge in [-0.2, -0.15) is 0 Å². The number of aryl methyl sites for hydroxylation is 1. The molecule has 0 fully saturated rings. The first-order chi connectivity index (χ1) is 6.70. The van der Waals surface area contributed by atoms with Gasteiger partial charge in [0.05, 0.1) is 0 Å². The topological polar surface area (TPSA) is 20.2 Å². The van der Waals surface area contributed by atoms with Gasteiger partial charge in [0.2, 0.25) is 0 Å². The Balaban J connectivity index is 2.55. The van der Waals surface area contributed by atoms with Crippen molar-refractivity contribution in [2.75, 3.05) is 0 Å². The summed E-state index contributed by atoms with van der Waals surface area (Å²) in [5, 5.41) is 9.64. The van der Waals surface area contributed by atoms with E-state index in [0.717, 1.165) is 5.56 Å². The molecular weight excluding hydrogens is 172 g/mol. The molecule has 1 aliphatic rings. The lowest BCUT2D eigenvalue weighted by Gasteiger charge is -2.14. The highest BCUT2D eigenvalue weighted by atomic mass is 16.3. The highest BCUT2D eigenvalue weighted by Gasteiger charge is 2.14. The molecule has 14 heavy (non-hydrogen) atoms. The molecule has 2 rings (SSSR count). The fourth-order valence-corrected chi connectivity index (χ4v) is 1.99. The maximum atomic E-state index is 9.64. The Labute approximate surface area is 84.4 Å². The number of allylic oxidation sites excluding steroid dienone is 4. The quantitative estimate of drug-likeness (QED) is 0.714. The van der Waals surface area contributed by atoms with E-state index in [1.165, 1.54) is 11.1 Å². The maximum Gasteiger partial charge on any atom is 0.118 e. The molecule has 0 spiro atoms. The van der Waals surface area contributed by atoms with Crippen molar-refractivity contribution in [1.29, 1.82) is 0 Å². The van der Waals surface area contributed by atoms with E-state index in [1.54, 1.807) is 6.07 Å². The van der Waals surface area contributed by atoms with Gasteiger partial charge in [-0.15, -0.1) is 0 Å². The summed E-state index contributed by atoms with van der Waals surface area (Å²) in [4.78, 5) is 0. The van der Waals surface area contributed by atoms with Crippen LogP contribution in [-0.2, 0) is 0 Å². The Morgan fingerprint density at radius 3 is 2.36 bits per heavy atom. The summed E-state index contributed by atoms with van der Waals surface area (Å²) >= 11 is 0. The van der Waals surface area contributed by atoms with E-state index >= 15 is 0 Å². The second-order valence-electron chi connectivity index (χ2n) is 3.74. The summed E-state index contributed by atoms with van der Waals surface area (Å²) in [7, 11) is 0. The Bertz CT molecular complexity index is 401. The zero-order valence-electron chi connectivity index (χ0n) is 8.49. The number of rotatable bonds is 1. The molecule has 0 radical (unpaired) electrons. The molecule has 1 aromatic carbocycles. The standard InChI is InChI=1S/C13H14O/c1-9-7-8-12(14)10(2)13(9)11-5-3-4-6-11/h3-8,11,14H,1-2H3. The molecule has 1 nitrogen and oxygen atoms in total. The third-order valence-corrected chi connectivity index (χ3v) is 2.79. The van der Waals surface area contributed by atoms with Crippen LogP contribution in [0.15, 0.2) is 36.4 Å². The van der Waals surface area contributed by atoms with E-state index in [2.05, 4.69) is 19.1 Å². The molecule has 1 aliphatic carbocycles. The van der Waals surface area contributed by atoms with Crippen molar-refractivity contribution in [2.24, 2.45) is 0 Å². The Hall–Kier alpha value is -1.50. The van der Waals surface area contributed by atoms with Crippen LogP contribution in [0.5, 0.6) is 5.75 Å². The molecule has 0 saturated heterocycles. The average molecular weight is 186 g/mol. The van der Waals surface area contributed by atoms with Crippen LogP contribution in [0.2, 0.25) is 0 Å². The van der Waals surface area contributed by atoms with Crippen LogP contribution >= 0.6 is 0 Å². The van der Waals surface area contributed by atoms with Gasteiger partial charge in [-0.1, -0.05) is 30.4 Å². The molecule has 0 saturated carbocycles. The van der Waals surface area contributed by atoms with E-state index in [4.69, 9.17) is 0 Å². The summed E-state index contributed by atoms with van der Waals surface area (Å²) < 4.78 is 0. The van der Waals surface area contributed by atoms with Crippen LogP contribution in [0.1, 0.15) is 22.6 Å². The SMILES string of the molecule is Cc1ccc(O)c(C)c1C1C=CC=C1. The van der Waals surface area contributed by atoms with Gasteiger partial charge in [0.1, 0.15) is 5.75 Å². The van der Waals surface area contributed by atoms with Gasteiger partial charge < -0.3 is 5.11 Å². The Morgan fingerprint density at radius 1 is 1.07 bits per heavy atom. The Morgan fingerprint density at radius 2 is 1.71 bits per heavy atom. The van der Waals surface area contributed by atoms with Crippen molar-refractivity contribution in [2.45, 2.75) is 19.8 Å². The first-order valence-corrected chi connectivity index (χ1v) is 4.84. The lowest BCUT2D eigenvalue weighted by atomic mass is 9.91. The number of phenols is 1. The fourth-order valence-electron chi connectivity index (χ4n) is 1.99. The monoisotopic (exact) mass is 186 g/mol. The molecule has 1 heteroatoms. The van der Waals surface area contributed by atoms with Gasteiger partial charge in [0.25, 0.3) is 0 Å². The largest absolute Gasteiger partial charge is 0.508 e. The number of aromatic hydroxyl groups is 1. The minimum atomic E-state index is 0.335. The zero-order valence-corrected chi connectivity index (χ0v) is 8.49. The predicted octanol–water partition coefficient (Wildman–Crippen LogP) is 3.22. The maximum absolute atomic E-state index is 9.64. The van der Waals surface area contributed by atoms with E-state index < -0.39 is 0 Å². The molecule has 0 amide bonds. The van der Waals surface area contributed by atoms with E-state index in [0.29, 0.717) is 11.7 Å². The van der Waals surface area contributed by atoms with Gasteiger partial charge in [0, 0.05) is 5.92 Å². The predicted molar refractivity (Wildman–Crippen MR) is 58.6 cm³/mol. The third-order valence-electron chi connectivity index (χ3n) is 2.79. The van der Waals surface area contributed by atoms with E-state index in [-0.39, 0.29) is 0 Å². The molecule has 0 atom stereocenters. The second-order valence-corrected chi connectivity index (χ2v) is 3.74. The van der Waals surface area contributed by atoms with E-state index in [9.17, 15) is 5.11 Å². The third kappa shape index (κ3) is 1.35. The lowest BCUT2D eigenvalue weighted by molar-refractivity contribution is 0.470. The van der Waals surface area contributed by atoms with Crippen LogP contribution in [0.3, 0.4) is 0 Å². The van der Waals surface area contributed by atoms with Gasteiger partial charge in [-0.05, 0) is 36.6 Å². The second kappa shape index (κ2) is 3.33. The average Bonchev–Trinajstić information content (AvgIpc) is 2.65. The van der Waals surface area contributed by atoms with Crippen LogP contribution in [0.25, 0.3) is 0 Å². The van der Waals surface area contributed by atoms with Crippen molar-refractivity contribution in [3.63, 3.8) is 0 Å². The fraction of sp³-hybridized carbons (Fsp3) is 0.231. The highest BCUT2D eigenvalue weighted by Crippen LogP contribution is 2.32. The van der Waals surface area contributed by atoms with Gasteiger partial charge in [-0.3, -0.25) is 0 Å². The number of benzene rings is 1. The molecule has 0 unspecified atom stereocenters. The first-order valence-electron chi connectivity index (χ1n) is 4.84. The molecule has 1 N–H and O–H groups in total. The summed E-state index contributed by atoms with van der Waals surface area (Å²) in [6.45, 7) is 4.06. The highest BCUT2D eigenvalue weighted by molar-refractivity contribution is 5.49. The molecule has 0 bridgehead atoms. The molecule has 72 valence electrons. The van der Waals surface area contributed by atoms with Crippen LogP contribution < -0.4 is 0 Å². The van der Waals surface area contributed by atoms with Crippen LogP contribution in [-0.4, -0.2) is 5.11 Å². The summed E-state index contributed by atoms with van der Waals surface area (Å²) in [5.74, 6) is 0.724. The minimum Gasteiger partial charge on any atom is -0.508 e. The summed E-state index contributed by atoms with van der Waals surface area (Å²) in [6.07, 6.45) is 8.39. The van der Waals surface area contributed by atoms with E-state index in [1.807, 2.05) is 25.1 Å². The van der Waals surface area contributed by atoms with Gasteiger partial charge in [0.15, 0.2) is 0 Å². The smallest absolute Gasteiger partial charge is 0.118 e. The first kappa shape index (κ1) is 9.07. The summed E-state index contributed by atoms with van der Waals surface area (Å²) in [5.41, 5.74) is 3.46. The molecule has 1 aromatic rings. The van der Waals surface area contributed by atoms with Crippen molar-refractivity contribution < 1.29 is 5.11 Å². The van der Waals surface area contributed by atoms with Gasteiger partial charge >= 0.3 is 0 Å². The van der Waals surface area contributed by atoms with Crippen LogP contribution in [0, 0.1) is 13.8 Å². The van der Waals surface area contributed by atoms with Crippen molar-refractivity contribution in [1.82, 2.24) is 0 Å². The molecule has 0 aromatic heterocycles. The number of hydrogen-bond acceptors (Lipinski definition) is 1. The van der Waals surface area contributed by atoms with Crippen molar-refractivity contribution in [3.8, 4) is 5.75 Å². The Kier molecular flexibility index (Phi) is 2.16. The number of phenolic OH excluding ortho intramolecular Hbond substituents is 1. The molecule has 0 aliphatic heterocycles.